The van der Waals surface area contributed by atoms with Crippen LogP contribution in [0.4, 0.5) is 0 Å². The number of hydrogen-bond acceptors (Lipinski definition) is 4. The van der Waals surface area contributed by atoms with E-state index in [4.69, 9.17) is 10.8 Å². The molecule has 1 unspecified atom stereocenters. The molecular formula is C14H25N3O. The van der Waals surface area contributed by atoms with Gasteiger partial charge in [-0.05, 0) is 57.5 Å². The van der Waals surface area contributed by atoms with Crippen molar-refractivity contribution in [3.05, 3.63) is 30.1 Å². The second kappa shape index (κ2) is 7.46. The molecule has 0 radical (unpaired) electrons. The van der Waals surface area contributed by atoms with Crippen LogP contribution in [0.15, 0.2) is 24.5 Å². The lowest BCUT2D eigenvalue weighted by molar-refractivity contribution is 0.192. The molecule has 4 nitrogen and oxygen atoms in total. The number of nitrogens with zero attached hydrogens (tertiary/aromatic N) is 2. The van der Waals surface area contributed by atoms with E-state index < -0.39 is 5.54 Å². The molecule has 18 heavy (non-hydrogen) atoms. The molecule has 4 heteroatoms. The number of rotatable bonds is 8. The van der Waals surface area contributed by atoms with Crippen LogP contribution < -0.4 is 5.73 Å². The Kier molecular flexibility index (Phi) is 6.25. The third kappa shape index (κ3) is 6.10. The van der Waals surface area contributed by atoms with Crippen LogP contribution in [0.2, 0.25) is 0 Å². The van der Waals surface area contributed by atoms with Gasteiger partial charge in [-0.15, -0.1) is 0 Å². The van der Waals surface area contributed by atoms with Crippen LogP contribution in [0, 0.1) is 0 Å². The lowest BCUT2D eigenvalue weighted by Gasteiger charge is -2.23. The van der Waals surface area contributed by atoms with Gasteiger partial charge in [-0.3, -0.25) is 4.98 Å². The van der Waals surface area contributed by atoms with Crippen molar-refractivity contribution in [2.45, 2.75) is 31.7 Å². The molecule has 1 atom stereocenters. The first-order chi connectivity index (χ1) is 8.53. The van der Waals surface area contributed by atoms with Gasteiger partial charge < -0.3 is 15.7 Å². The molecule has 1 aromatic rings. The standard InChI is InChI=1S/C14H25N3O/c1-14(15,12-18)7-3-10-17(2)11-6-13-4-8-16-9-5-13/h4-5,8-9,18H,3,6-7,10-12,15H2,1-2H3. The Labute approximate surface area is 110 Å². The van der Waals surface area contributed by atoms with Gasteiger partial charge in [0.15, 0.2) is 0 Å². The van der Waals surface area contributed by atoms with Gasteiger partial charge >= 0.3 is 0 Å². The van der Waals surface area contributed by atoms with E-state index in [0.717, 1.165) is 32.4 Å². The predicted molar refractivity (Wildman–Crippen MR) is 74.4 cm³/mol. The number of pyridine rings is 1. The molecule has 1 heterocycles. The third-order valence-electron chi connectivity index (χ3n) is 3.18. The summed E-state index contributed by atoms with van der Waals surface area (Å²) >= 11 is 0. The molecule has 0 aliphatic heterocycles. The first-order valence-corrected chi connectivity index (χ1v) is 6.51. The van der Waals surface area contributed by atoms with Gasteiger partial charge in [0.05, 0.1) is 6.61 Å². The summed E-state index contributed by atoms with van der Waals surface area (Å²) < 4.78 is 0. The zero-order valence-corrected chi connectivity index (χ0v) is 11.5. The van der Waals surface area contributed by atoms with Crippen molar-refractivity contribution in [3.8, 4) is 0 Å². The maximum atomic E-state index is 9.07. The van der Waals surface area contributed by atoms with Gasteiger partial charge in [0.25, 0.3) is 0 Å². The lowest BCUT2D eigenvalue weighted by Crippen LogP contribution is -2.40. The molecule has 0 saturated carbocycles. The molecule has 0 fully saturated rings. The fourth-order valence-corrected chi connectivity index (χ4v) is 1.81. The minimum atomic E-state index is -0.439. The molecule has 0 aliphatic carbocycles. The summed E-state index contributed by atoms with van der Waals surface area (Å²) in [6.07, 6.45) is 6.56. The zero-order valence-electron chi connectivity index (χ0n) is 11.5. The molecule has 0 saturated heterocycles. The zero-order chi connectivity index (χ0) is 13.4. The number of nitrogens with two attached hydrogens (primary N) is 1. The van der Waals surface area contributed by atoms with Gasteiger partial charge in [0, 0.05) is 24.5 Å². The molecule has 102 valence electrons. The van der Waals surface area contributed by atoms with Crippen LogP contribution in [0.25, 0.3) is 0 Å². The monoisotopic (exact) mass is 251 g/mol. The number of aromatic nitrogens is 1. The van der Waals surface area contributed by atoms with E-state index in [1.54, 1.807) is 0 Å². The Morgan fingerprint density at radius 3 is 2.61 bits per heavy atom. The van der Waals surface area contributed by atoms with E-state index in [-0.39, 0.29) is 6.61 Å². The van der Waals surface area contributed by atoms with Crippen LogP contribution in [-0.2, 0) is 6.42 Å². The lowest BCUT2D eigenvalue weighted by atomic mass is 9.98. The largest absolute Gasteiger partial charge is 0.394 e. The highest BCUT2D eigenvalue weighted by atomic mass is 16.3. The summed E-state index contributed by atoms with van der Waals surface area (Å²) in [6, 6.07) is 4.10. The molecule has 0 aliphatic rings. The molecule has 1 rings (SSSR count). The summed E-state index contributed by atoms with van der Waals surface area (Å²) in [7, 11) is 2.12. The Hall–Kier alpha value is -0.970. The smallest absolute Gasteiger partial charge is 0.0608 e. The SMILES string of the molecule is CN(CCCC(C)(N)CO)CCc1ccncc1. The van der Waals surface area contributed by atoms with E-state index in [9.17, 15) is 0 Å². The van der Waals surface area contributed by atoms with Gasteiger partial charge in [0.2, 0.25) is 0 Å². The maximum absolute atomic E-state index is 9.07. The van der Waals surface area contributed by atoms with Crippen molar-refractivity contribution >= 4 is 0 Å². The van der Waals surface area contributed by atoms with E-state index in [1.807, 2.05) is 19.3 Å². The van der Waals surface area contributed by atoms with E-state index in [0.29, 0.717) is 0 Å². The normalized spacial score (nSPS) is 14.7. The Morgan fingerprint density at radius 1 is 1.33 bits per heavy atom. The molecule has 0 spiro atoms. The van der Waals surface area contributed by atoms with Crippen molar-refractivity contribution in [2.24, 2.45) is 5.73 Å². The van der Waals surface area contributed by atoms with E-state index in [2.05, 4.69) is 29.1 Å². The highest BCUT2D eigenvalue weighted by Gasteiger charge is 2.16. The summed E-state index contributed by atoms with van der Waals surface area (Å²) in [6.45, 7) is 3.99. The van der Waals surface area contributed by atoms with Crippen LogP contribution >= 0.6 is 0 Å². The minimum absolute atomic E-state index is 0.0493. The summed E-state index contributed by atoms with van der Waals surface area (Å²) in [5.74, 6) is 0. The average molecular weight is 251 g/mol. The first kappa shape index (κ1) is 15.1. The predicted octanol–water partition coefficient (Wildman–Crippen LogP) is 1.05. The Balaban J connectivity index is 2.16. The Bertz CT molecular complexity index is 327. The van der Waals surface area contributed by atoms with Crippen molar-refractivity contribution in [3.63, 3.8) is 0 Å². The summed E-state index contributed by atoms with van der Waals surface area (Å²) in [5, 5.41) is 9.07. The number of aliphatic hydroxyl groups is 1. The van der Waals surface area contributed by atoms with Gasteiger partial charge in [-0.2, -0.15) is 0 Å². The molecule has 0 bridgehead atoms. The summed E-state index contributed by atoms with van der Waals surface area (Å²) in [4.78, 5) is 6.31. The van der Waals surface area contributed by atoms with Crippen molar-refractivity contribution in [2.75, 3.05) is 26.7 Å². The number of likely N-dealkylation sites (N-methyl/N-ethyl adjacent to an activating group) is 1. The molecular weight excluding hydrogens is 226 g/mol. The quantitative estimate of drug-likeness (QED) is 0.725. The van der Waals surface area contributed by atoms with Gasteiger partial charge in [0.1, 0.15) is 0 Å². The number of aliphatic hydroxyl groups excluding tert-OH is 1. The molecule has 0 amide bonds. The number of hydrogen-bond donors (Lipinski definition) is 2. The van der Waals surface area contributed by atoms with Crippen molar-refractivity contribution in [1.82, 2.24) is 9.88 Å². The van der Waals surface area contributed by atoms with Crippen LogP contribution in [-0.4, -0.2) is 47.3 Å². The molecule has 3 N–H and O–H groups in total. The van der Waals surface area contributed by atoms with Gasteiger partial charge in [-0.25, -0.2) is 0 Å². The first-order valence-electron chi connectivity index (χ1n) is 6.51. The summed E-state index contributed by atoms with van der Waals surface area (Å²) in [5.41, 5.74) is 6.77. The fourth-order valence-electron chi connectivity index (χ4n) is 1.81. The molecule has 0 aromatic carbocycles. The maximum Gasteiger partial charge on any atom is 0.0608 e. The fraction of sp³-hybridized carbons (Fsp3) is 0.643. The third-order valence-corrected chi connectivity index (χ3v) is 3.18. The van der Waals surface area contributed by atoms with Crippen LogP contribution in [0.5, 0.6) is 0 Å². The topological polar surface area (TPSA) is 62.4 Å². The van der Waals surface area contributed by atoms with E-state index >= 15 is 0 Å². The van der Waals surface area contributed by atoms with Crippen LogP contribution in [0.1, 0.15) is 25.3 Å². The molecule has 1 aromatic heterocycles. The highest BCUT2D eigenvalue weighted by Crippen LogP contribution is 2.08. The second-order valence-electron chi connectivity index (χ2n) is 5.32. The average Bonchev–Trinajstić information content (AvgIpc) is 2.37. The Morgan fingerprint density at radius 2 is 2.00 bits per heavy atom. The van der Waals surface area contributed by atoms with E-state index in [1.165, 1.54) is 5.56 Å². The van der Waals surface area contributed by atoms with Crippen molar-refractivity contribution in [1.29, 1.82) is 0 Å². The van der Waals surface area contributed by atoms with Crippen molar-refractivity contribution < 1.29 is 5.11 Å². The minimum Gasteiger partial charge on any atom is -0.394 e. The second-order valence-corrected chi connectivity index (χ2v) is 5.32. The highest BCUT2D eigenvalue weighted by molar-refractivity contribution is 5.09. The van der Waals surface area contributed by atoms with Crippen LogP contribution in [0.3, 0.4) is 0 Å². The van der Waals surface area contributed by atoms with Gasteiger partial charge in [-0.1, -0.05) is 0 Å².